The molecule has 5 heteroatoms. The van der Waals surface area contributed by atoms with E-state index in [9.17, 15) is 9.90 Å². The molecule has 0 saturated heterocycles. The summed E-state index contributed by atoms with van der Waals surface area (Å²) in [5.74, 6) is -0.397. The SMILES string of the molecule is CN=CN/C=C/CNC(=O)C(C)(C)O. The predicted octanol–water partition coefficient (Wildman–Crippen LogP) is -0.365. The molecule has 0 atom stereocenters. The zero-order chi connectivity index (χ0) is 11.0. The Bertz CT molecular complexity index is 229. The van der Waals surface area contributed by atoms with Crippen molar-refractivity contribution < 1.29 is 9.90 Å². The molecule has 3 N–H and O–H groups in total. The van der Waals surface area contributed by atoms with Crippen LogP contribution in [0.3, 0.4) is 0 Å². The third-order valence-electron chi connectivity index (χ3n) is 1.35. The Morgan fingerprint density at radius 1 is 1.57 bits per heavy atom. The third-order valence-corrected chi connectivity index (χ3v) is 1.35. The summed E-state index contributed by atoms with van der Waals surface area (Å²) in [7, 11) is 1.65. The van der Waals surface area contributed by atoms with Gasteiger partial charge in [-0.25, -0.2) is 0 Å². The molecule has 1 amide bonds. The molecule has 0 fully saturated rings. The second kappa shape index (κ2) is 6.15. The van der Waals surface area contributed by atoms with Crippen molar-refractivity contribution in [2.45, 2.75) is 19.4 Å². The minimum Gasteiger partial charge on any atom is -0.381 e. The molecule has 0 aromatic heterocycles. The Kier molecular flexibility index (Phi) is 5.55. The average Bonchev–Trinajstić information content (AvgIpc) is 2.09. The van der Waals surface area contributed by atoms with E-state index < -0.39 is 11.5 Å². The number of nitrogens with one attached hydrogen (secondary N) is 2. The van der Waals surface area contributed by atoms with Crippen LogP contribution in [-0.4, -0.2) is 36.5 Å². The smallest absolute Gasteiger partial charge is 0.251 e. The molecule has 14 heavy (non-hydrogen) atoms. The Morgan fingerprint density at radius 3 is 2.71 bits per heavy atom. The first-order valence-corrected chi connectivity index (χ1v) is 4.31. The van der Waals surface area contributed by atoms with Gasteiger partial charge in [0.2, 0.25) is 0 Å². The van der Waals surface area contributed by atoms with Crippen molar-refractivity contribution in [3.05, 3.63) is 12.3 Å². The molecule has 0 spiro atoms. The summed E-state index contributed by atoms with van der Waals surface area (Å²) in [6, 6.07) is 0. The zero-order valence-electron chi connectivity index (χ0n) is 8.74. The molecule has 0 aliphatic heterocycles. The normalized spacial score (nSPS) is 12.3. The van der Waals surface area contributed by atoms with E-state index in [-0.39, 0.29) is 0 Å². The van der Waals surface area contributed by atoms with Crippen molar-refractivity contribution in [2.75, 3.05) is 13.6 Å². The first kappa shape index (κ1) is 12.6. The summed E-state index contributed by atoms with van der Waals surface area (Å²) >= 11 is 0. The average molecular weight is 199 g/mol. The van der Waals surface area contributed by atoms with Gasteiger partial charge in [-0.05, 0) is 26.1 Å². The van der Waals surface area contributed by atoms with Crippen LogP contribution in [0.25, 0.3) is 0 Å². The van der Waals surface area contributed by atoms with Crippen LogP contribution in [0.2, 0.25) is 0 Å². The molecular formula is C9H17N3O2. The van der Waals surface area contributed by atoms with Crippen LogP contribution in [0.4, 0.5) is 0 Å². The van der Waals surface area contributed by atoms with Gasteiger partial charge in [-0.3, -0.25) is 9.79 Å². The van der Waals surface area contributed by atoms with Crippen molar-refractivity contribution in [3.8, 4) is 0 Å². The first-order chi connectivity index (χ1) is 6.48. The first-order valence-electron chi connectivity index (χ1n) is 4.31. The number of amides is 1. The van der Waals surface area contributed by atoms with Gasteiger partial charge in [0, 0.05) is 13.6 Å². The molecule has 0 radical (unpaired) electrons. The number of carbonyl (C=O) groups is 1. The van der Waals surface area contributed by atoms with Crippen LogP contribution >= 0.6 is 0 Å². The molecular weight excluding hydrogens is 182 g/mol. The van der Waals surface area contributed by atoms with Gasteiger partial charge in [0.1, 0.15) is 5.60 Å². The molecule has 0 rings (SSSR count). The van der Waals surface area contributed by atoms with Crippen molar-refractivity contribution in [1.82, 2.24) is 10.6 Å². The van der Waals surface area contributed by atoms with Crippen LogP contribution < -0.4 is 10.6 Å². The van der Waals surface area contributed by atoms with Crippen molar-refractivity contribution in [2.24, 2.45) is 4.99 Å². The zero-order valence-corrected chi connectivity index (χ0v) is 8.74. The van der Waals surface area contributed by atoms with E-state index in [4.69, 9.17) is 0 Å². The summed E-state index contributed by atoms with van der Waals surface area (Å²) in [4.78, 5) is 14.8. The minimum absolute atomic E-state index is 0.368. The predicted molar refractivity (Wildman–Crippen MR) is 56.0 cm³/mol. The molecule has 0 bridgehead atoms. The van der Waals surface area contributed by atoms with Crippen LogP contribution in [0.1, 0.15) is 13.8 Å². The second-order valence-corrected chi connectivity index (χ2v) is 3.23. The minimum atomic E-state index is -1.33. The van der Waals surface area contributed by atoms with E-state index in [0.29, 0.717) is 6.54 Å². The topological polar surface area (TPSA) is 73.7 Å². The lowest BCUT2D eigenvalue weighted by Crippen LogP contribution is -2.41. The Balaban J connectivity index is 3.64. The van der Waals surface area contributed by atoms with E-state index in [0.717, 1.165) is 0 Å². The molecule has 0 unspecified atom stereocenters. The third kappa shape index (κ3) is 6.19. The lowest BCUT2D eigenvalue weighted by molar-refractivity contribution is -0.136. The van der Waals surface area contributed by atoms with Crippen LogP contribution in [0.5, 0.6) is 0 Å². The van der Waals surface area contributed by atoms with Gasteiger partial charge in [-0.1, -0.05) is 0 Å². The van der Waals surface area contributed by atoms with Gasteiger partial charge in [-0.15, -0.1) is 0 Å². The quantitative estimate of drug-likeness (QED) is 0.418. The number of hydrogen-bond acceptors (Lipinski definition) is 3. The van der Waals surface area contributed by atoms with Gasteiger partial charge in [0.25, 0.3) is 5.91 Å². The number of aliphatic hydroxyl groups is 1. The highest BCUT2D eigenvalue weighted by atomic mass is 16.3. The lowest BCUT2D eigenvalue weighted by atomic mass is 10.1. The second-order valence-electron chi connectivity index (χ2n) is 3.23. The van der Waals surface area contributed by atoms with E-state index in [1.54, 1.807) is 19.3 Å². The molecule has 0 aromatic carbocycles. The summed E-state index contributed by atoms with van der Waals surface area (Å²) < 4.78 is 0. The number of rotatable bonds is 5. The van der Waals surface area contributed by atoms with Crippen LogP contribution in [0.15, 0.2) is 17.3 Å². The van der Waals surface area contributed by atoms with Gasteiger partial charge >= 0.3 is 0 Å². The van der Waals surface area contributed by atoms with Crippen LogP contribution in [-0.2, 0) is 4.79 Å². The summed E-state index contributed by atoms with van der Waals surface area (Å²) in [6.07, 6.45) is 4.89. The largest absolute Gasteiger partial charge is 0.381 e. The van der Waals surface area contributed by atoms with E-state index in [1.807, 2.05) is 0 Å². The van der Waals surface area contributed by atoms with E-state index in [1.165, 1.54) is 20.2 Å². The fourth-order valence-electron chi connectivity index (χ4n) is 0.612. The summed E-state index contributed by atoms with van der Waals surface area (Å²) in [5, 5.41) is 14.6. The lowest BCUT2D eigenvalue weighted by Gasteiger charge is -2.15. The molecule has 0 aromatic rings. The van der Waals surface area contributed by atoms with Gasteiger partial charge in [0.15, 0.2) is 0 Å². The number of nitrogens with zero attached hydrogens (tertiary/aromatic N) is 1. The maximum absolute atomic E-state index is 11.1. The molecule has 0 aliphatic rings. The van der Waals surface area contributed by atoms with Gasteiger partial charge in [-0.2, -0.15) is 0 Å². The van der Waals surface area contributed by atoms with E-state index in [2.05, 4.69) is 15.6 Å². The summed E-state index contributed by atoms with van der Waals surface area (Å²) in [6.45, 7) is 3.25. The molecule has 80 valence electrons. The molecule has 0 aliphatic carbocycles. The number of aliphatic imine (C=N–C) groups is 1. The molecule has 5 nitrogen and oxygen atoms in total. The monoisotopic (exact) mass is 199 g/mol. The van der Waals surface area contributed by atoms with E-state index >= 15 is 0 Å². The van der Waals surface area contributed by atoms with Crippen LogP contribution in [0, 0.1) is 0 Å². The number of hydrogen-bond donors (Lipinski definition) is 3. The highest BCUT2D eigenvalue weighted by molar-refractivity contribution is 5.83. The van der Waals surface area contributed by atoms with Crippen molar-refractivity contribution in [1.29, 1.82) is 0 Å². The Morgan fingerprint density at radius 2 is 2.21 bits per heavy atom. The maximum Gasteiger partial charge on any atom is 0.251 e. The van der Waals surface area contributed by atoms with Gasteiger partial charge < -0.3 is 15.7 Å². The molecule has 0 saturated carbocycles. The Hall–Kier alpha value is -1.36. The Labute approximate surface area is 83.9 Å². The standard InChI is InChI=1S/C9H17N3O2/c1-9(2,14)8(13)12-6-4-5-11-7-10-3/h4-5,7,14H,6H2,1-3H3,(H,10,11)(H,12,13)/b5-4+. The molecule has 0 heterocycles. The fraction of sp³-hybridized carbons (Fsp3) is 0.556. The highest BCUT2D eigenvalue weighted by Gasteiger charge is 2.22. The van der Waals surface area contributed by atoms with Crippen molar-refractivity contribution >= 4 is 12.2 Å². The maximum atomic E-state index is 11.1. The highest BCUT2D eigenvalue weighted by Crippen LogP contribution is 1.98. The van der Waals surface area contributed by atoms with Gasteiger partial charge in [0.05, 0.1) is 6.34 Å². The van der Waals surface area contributed by atoms with Crippen molar-refractivity contribution in [3.63, 3.8) is 0 Å². The fourth-order valence-corrected chi connectivity index (χ4v) is 0.612. The summed E-state index contributed by atoms with van der Waals surface area (Å²) in [5.41, 5.74) is -1.33. The number of carbonyl (C=O) groups excluding carboxylic acids is 1.